The minimum Gasteiger partial charge on any atom is -0.328 e. The quantitative estimate of drug-likeness (QED) is 0.572. The number of quaternary nitrogens is 1. The van der Waals surface area contributed by atoms with Crippen LogP contribution in [0.25, 0.3) is 0 Å². The fourth-order valence-electron chi connectivity index (χ4n) is 2.05. The maximum Gasteiger partial charge on any atom is 0.135 e. The lowest BCUT2D eigenvalue weighted by molar-refractivity contribution is -0.890. The van der Waals surface area contributed by atoms with Crippen LogP contribution in [0.2, 0.25) is 0 Å². The van der Waals surface area contributed by atoms with Crippen LogP contribution in [-0.2, 0) is 9.59 Å². The Kier molecular flexibility index (Phi) is 8.15. The molecule has 0 aliphatic carbocycles. The summed E-state index contributed by atoms with van der Waals surface area (Å²) in [6.45, 7) is 9.85. The van der Waals surface area contributed by atoms with Gasteiger partial charge < -0.3 is 4.48 Å². The zero-order chi connectivity index (χ0) is 15.1. The largest absolute Gasteiger partial charge is 0.328 e. The third-order valence-electron chi connectivity index (χ3n) is 3.66. The molecule has 0 saturated carbocycles. The van der Waals surface area contributed by atoms with E-state index in [0.717, 1.165) is 30.4 Å². The van der Waals surface area contributed by atoms with E-state index in [-0.39, 0.29) is 11.8 Å². The smallest absolute Gasteiger partial charge is 0.135 e. The van der Waals surface area contributed by atoms with Crippen molar-refractivity contribution in [3.63, 3.8) is 0 Å². The first-order valence-corrected chi connectivity index (χ1v) is 7.53. The van der Waals surface area contributed by atoms with Crippen LogP contribution in [-0.4, -0.2) is 43.2 Å². The first-order chi connectivity index (χ1) is 8.65. The molecule has 0 fully saturated rings. The molecule has 0 aliphatic rings. The van der Waals surface area contributed by atoms with Gasteiger partial charge in [-0.05, 0) is 0 Å². The van der Waals surface area contributed by atoms with Gasteiger partial charge in [-0.25, -0.2) is 0 Å². The molecule has 3 heteroatoms. The molecular formula is C16H32NO2+. The molecular weight excluding hydrogens is 238 g/mol. The highest BCUT2D eigenvalue weighted by molar-refractivity contribution is 5.80. The van der Waals surface area contributed by atoms with E-state index in [0.29, 0.717) is 24.4 Å². The molecule has 3 nitrogen and oxygen atoms in total. The van der Waals surface area contributed by atoms with Crippen molar-refractivity contribution in [2.24, 2.45) is 11.8 Å². The minimum atomic E-state index is 0.152. The van der Waals surface area contributed by atoms with Crippen molar-refractivity contribution in [2.75, 3.05) is 27.2 Å². The van der Waals surface area contributed by atoms with Crippen molar-refractivity contribution in [2.45, 2.75) is 53.4 Å². The van der Waals surface area contributed by atoms with E-state index in [1.807, 2.05) is 27.7 Å². The molecule has 0 amide bonds. The molecule has 0 aromatic rings. The second kappa shape index (κ2) is 8.47. The summed E-state index contributed by atoms with van der Waals surface area (Å²) in [6, 6.07) is 0. The number of ketones is 2. The SMILES string of the molecule is CC(C)C(=O)CCC[N+](C)(C)CCCC(=O)C(C)C. The van der Waals surface area contributed by atoms with E-state index in [2.05, 4.69) is 14.1 Å². The molecule has 0 atom stereocenters. The van der Waals surface area contributed by atoms with Gasteiger partial charge in [-0.2, -0.15) is 0 Å². The van der Waals surface area contributed by atoms with Crippen LogP contribution in [0.5, 0.6) is 0 Å². The van der Waals surface area contributed by atoms with E-state index in [1.165, 1.54) is 0 Å². The molecule has 0 radical (unpaired) electrons. The Balaban J connectivity index is 3.86. The van der Waals surface area contributed by atoms with Crippen LogP contribution in [0, 0.1) is 11.8 Å². The molecule has 0 N–H and O–H groups in total. The molecule has 0 saturated heterocycles. The van der Waals surface area contributed by atoms with Crippen molar-refractivity contribution in [1.29, 1.82) is 0 Å². The minimum absolute atomic E-state index is 0.152. The van der Waals surface area contributed by atoms with Crippen molar-refractivity contribution < 1.29 is 14.1 Å². The third kappa shape index (κ3) is 8.93. The zero-order valence-electron chi connectivity index (χ0n) is 13.7. The lowest BCUT2D eigenvalue weighted by atomic mass is 10.0. The van der Waals surface area contributed by atoms with Crippen molar-refractivity contribution in [1.82, 2.24) is 0 Å². The predicted molar refractivity (Wildman–Crippen MR) is 80.0 cm³/mol. The summed E-state index contributed by atoms with van der Waals surface area (Å²) >= 11 is 0. The fraction of sp³-hybridized carbons (Fsp3) is 0.875. The molecule has 0 rings (SSSR count). The van der Waals surface area contributed by atoms with Gasteiger partial charge in [0.05, 0.1) is 27.2 Å². The Hall–Kier alpha value is -0.700. The standard InChI is InChI=1S/C16H32NO2/c1-13(2)15(18)9-7-11-17(5,6)12-8-10-16(19)14(3)4/h13-14H,7-12H2,1-6H3/q+1. The van der Waals surface area contributed by atoms with E-state index < -0.39 is 0 Å². The molecule has 19 heavy (non-hydrogen) atoms. The van der Waals surface area contributed by atoms with Crippen molar-refractivity contribution in [3.8, 4) is 0 Å². The molecule has 0 spiro atoms. The summed E-state index contributed by atoms with van der Waals surface area (Å²) in [5.74, 6) is 1.02. The molecule has 0 bridgehead atoms. The summed E-state index contributed by atoms with van der Waals surface area (Å²) in [5, 5.41) is 0. The topological polar surface area (TPSA) is 34.1 Å². The fourth-order valence-corrected chi connectivity index (χ4v) is 2.05. The second-order valence-electron chi connectivity index (χ2n) is 6.83. The average molecular weight is 270 g/mol. The van der Waals surface area contributed by atoms with Gasteiger partial charge in [-0.1, -0.05) is 27.7 Å². The predicted octanol–water partition coefficient (Wildman–Crippen LogP) is 3.07. The van der Waals surface area contributed by atoms with Gasteiger partial charge in [-0.3, -0.25) is 9.59 Å². The molecule has 0 unspecified atom stereocenters. The number of nitrogens with zero attached hydrogens (tertiary/aromatic N) is 1. The highest BCUT2D eigenvalue weighted by Crippen LogP contribution is 2.09. The summed E-state index contributed by atoms with van der Waals surface area (Å²) < 4.78 is 0.900. The summed E-state index contributed by atoms with van der Waals surface area (Å²) in [4.78, 5) is 23.1. The highest BCUT2D eigenvalue weighted by atomic mass is 16.1. The van der Waals surface area contributed by atoms with Gasteiger partial charge in [0.1, 0.15) is 11.6 Å². The van der Waals surface area contributed by atoms with Crippen LogP contribution >= 0.6 is 0 Å². The lowest BCUT2D eigenvalue weighted by Crippen LogP contribution is -2.41. The maximum absolute atomic E-state index is 11.6. The lowest BCUT2D eigenvalue weighted by Gasteiger charge is -2.30. The number of hydrogen-bond acceptors (Lipinski definition) is 2. The molecule has 112 valence electrons. The van der Waals surface area contributed by atoms with E-state index >= 15 is 0 Å². The number of Topliss-reactive ketones (excluding diaryl/α,β-unsaturated/α-hetero) is 2. The van der Waals surface area contributed by atoms with Crippen molar-refractivity contribution >= 4 is 11.6 Å². The monoisotopic (exact) mass is 270 g/mol. The van der Waals surface area contributed by atoms with Crippen LogP contribution in [0.1, 0.15) is 53.4 Å². The Morgan fingerprint density at radius 2 is 1.11 bits per heavy atom. The molecule has 0 aliphatic heterocycles. The van der Waals surface area contributed by atoms with Crippen LogP contribution in [0.3, 0.4) is 0 Å². The molecule has 0 heterocycles. The second-order valence-corrected chi connectivity index (χ2v) is 6.83. The summed E-state index contributed by atoms with van der Waals surface area (Å²) in [7, 11) is 4.36. The van der Waals surface area contributed by atoms with E-state index in [1.54, 1.807) is 0 Å². The number of hydrogen-bond donors (Lipinski definition) is 0. The third-order valence-corrected chi connectivity index (χ3v) is 3.66. The zero-order valence-corrected chi connectivity index (χ0v) is 13.7. The van der Waals surface area contributed by atoms with Crippen LogP contribution < -0.4 is 0 Å². The Bertz CT molecular complexity index is 265. The molecule has 0 aromatic carbocycles. The highest BCUT2D eigenvalue weighted by Gasteiger charge is 2.17. The van der Waals surface area contributed by atoms with Gasteiger partial charge in [0.2, 0.25) is 0 Å². The number of rotatable bonds is 10. The number of carbonyl (C=O) groups excluding carboxylic acids is 2. The van der Waals surface area contributed by atoms with Crippen LogP contribution in [0.4, 0.5) is 0 Å². The van der Waals surface area contributed by atoms with E-state index in [9.17, 15) is 9.59 Å². The average Bonchev–Trinajstić information content (AvgIpc) is 2.27. The van der Waals surface area contributed by atoms with Gasteiger partial charge in [0.25, 0.3) is 0 Å². The number of carbonyl (C=O) groups is 2. The van der Waals surface area contributed by atoms with Gasteiger partial charge in [0, 0.05) is 37.5 Å². The Morgan fingerprint density at radius 3 is 1.37 bits per heavy atom. The summed E-state index contributed by atoms with van der Waals surface area (Å²) in [6.07, 6.45) is 3.26. The first kappa shape index (κ1) is 18.3. The van der Waals surface area contributed by atoms with Gasteiger partial charge in [-0.15, -0.1) is 0 Å². The Labute approximate surface area is 119 Å². The van der Waals surface area contributed by atoms with Gasteiger partial charge in [0.15, 0.2) is 0 Å². The normalized spacial score (nSPS) is 12.2. The maximum atomic E-state index is 11.6. The molecule has 0 aromatic heterocycles. The first-order valence-electron chi connectivity index (χ1n) is 7.53. The van der Waals surface area contributed by atoms with Crippen molar-refractivity contribution in [3.05, 3.63) is 0 Å². The van der Waals surface area contributed by atoms with Gasteiger partial charge >= 0.3 is 0 Å². The van der Waals surface area contributed by atoms with E-state index in [4.69, 9.17) is 0 Å². The summed E-state index contributed by atoms with van der Waals surface area (Å²) in [5.41, 5.74) is 0. The van der Waals surface area contributed by atoms with Crippen LogP contribution in [0.15, 0.2) is 0 Å². The Morgan fingerprint density at radius 1 is 0.789 bits per heavy atom.